The molecule has 0 aromatic rings. The van der Waals surface area contributed by atoms with Gasteiger partial charge in [-0.3, -0.25) is 14.9 Å². The van der Waals surface area contributed by atoms with Crippen molar-refractivity contribution in [3.8, 4) is 0 Å². The van der Waals surface area contributed by atoms with Crippen LogP contribution in [0.5, 0.6) is 0 Å². The van der Waals surface area contributed by atoms with E-state index in [1.165, 1.54) is 7.11 Å². The van der Waals surface area contributed by atoms with E-state index >= 15 is 0 Å². The zero-order valence-corrected chi connectivity index (χ0v) is 11.9. The number of methoxy groups -OCH3 is 1. The number of carbonyl (C=O) groups excluding carboxylic acids is 2. The van der Waals surface area contributed by atoms with Crippen molar-refractivity contribution in [3.05, 3.63) is 0 Å². The van der Waals surface area contributed by atoms with E-state index in [4.69, 9.17) is 4.74 Å². The molecule has 5 nitrogen and oxygen atoms in total. The van der Waals surface area contributed by atoms with Gasteiger partial charge in [0.05, 0.1) is 12.0 Å². The summed E-state index contributed by atoms with van der Waals surface area (Å²) in [5.74, 6) is 0.725. The number of amides is 1. The Morgan fingerprint density at radius 3 is 2.83 bits per heavy atom. The molecular weight excluding hydrogens is 252 g/mol. The van der Waals surface area contributed by atoms with E-state index in [1.807, 2.05) is 18.7 Å². The summed E-state index contributed by atoms with van der Waals surface area (Å²) >= 11 is 1.73. The first-order chi connectivity index (χ1) is 8.47. The first-order valence-corrected chi connectivity index (χ1v) is 7.24. The minimum absolute atomic E-state index is 0.0305. The zero-order chi connectivity index (χ0) is 13.3. The summed E-state index contributed by atoms with van der Waals surface area (Å²) in [6.07, 6.45) is 0.892. The third kappa shape index (κ3) is 2.49. The summed E-state index contributed by atoms with van der Waals surface area (Å²) in [6.45, 7) is 5.28. The summed E-state index contributed by atoms with van der Waals surface area (Å²) in [6, 6.07) is -0.242. The van der Waals surface area contributed by atoms with Crippen molar-refractivity contribution in [1.29, 1.82) is 0 Å². The molecule has 0 radical (unpaired) electrons. The molecule has 102 valence electrons. The maximum Gasteiger partial charge on any atom is 0.323 e. The van der Waals surface area contributed by atoms with Gasteiger partial charge in [-0.25, -0.2) is 0 Å². The predicted molar refractivity (Wildman–Crippen MR) is 70.2 cm³/mol. The molecule has 0 saturated carbocycles. The summed E-state index contributed by atoms with van der Waals surface area (Å²) in [7, 11) is 1.41. The number of likely N-dealkylation sites (tertiary alicyclic amines) is 1. The Morgan fingerprint density at radius 1 is 1.50 bits per heavy atom. The van der Waals surface area contributed by atoms with Crippen LogP contribution in [0.15, 0.2) is 0 Å². The molecule has 1 amide bonds. The molecule has 0 aromatic carbocycles. The SMILES string of the molecule is COC(=O)[C@@H]1CSC2(CCN(C(=O)C(C)C)C2)N1. The number of rotatable bonds is 2. The van der Waals surface area contributed by atoms with Crippen LogP contribution in [0.3, 0.4) is 0 Å². The van der Waals surface area contributed by atoms with E-state index in [0.29, 0.717) is 6.54 Å². The Hall–Kier alpha value is -0.750. The van der Waals surface area contributed by atoms with Crippen LogP contribution in [0.25, 0.3) is 0 Å². The topological polar surface area (TPSA) is 58.6 Å². The third-order valence-electron chi connectivity index (χ3n) is 3.49. The molecule has 2 saturated heterocycles. The standard InChI is InChI=1S/C12H20N2O3S/c1-8(2)10(15)14-5-4-12(7-14)13-9(6-18-12)11(16)17-3/h8-9,13H,4-7H2,1-3H3/t9-,12?/m0/s1. The minimum atomic E-state index is -0.242. The molecule has 0 aliphatic carbocycles. The molecule has 18 heavy (non-hydrogen) atoms. The van der Waals surface area contributed by atoms with E-state index in [0.717, 1.165) is 18.7 Å². The molecule has 2 aliphatic heterocycles. The van der Waals surface area contributed by atoms with Gasteiger partial charge in [-0.15, -0.1) is 11.8 Å². The van der Waals surface area contributed by atoms with Gasteiger partial charge in [0.25, 0.3) is 0 Å². The van der Waals surface area contributed by atoms with E-state index in [-0.39, 0.29) is 28.7 Å². The minimum Gasteiger partial charge on any atom is -0.468 e. The van der Waals surface area contributed by atoms with Crippen molar-refractivity contribution < 1.29 is 14.3 Å². The fraction of sp³-hybridized carbons (Fsp3) is 0.833. The second-order valence-electron chi connectivity index (χ2n) is 5.19. The van der Waals surface area contributed by atoms with Crippen LogP contribution in [-0.4, -0.2) is 53.6 Å². The second kappa shape index (κ2) is 5.09. The number of ether oxygens (including phenoxy) is 1. The summed E-state index contributed by atoms with van der Waals surface area (Å²) < 4.78 is 4.75. The maximum absolute atomic E-state index is 12.0. The lowest BCUT2D eigenvalue weighted by Crippen LogP contribution is -2.47. The van der Waals surface area contributed by atoms with Crippen molar-refractivity contribution in [2.24, 2.45) is 5.92 Å². The van der Waals surface area contributed by atoms with Crippen LogP contribution in [0.4, 0.5) is 0 Å². The molecule has 0 bridgehead atoms. The first kappa shape index (κ1) is 13.7. The molecule has 1 unspecified atom stereocenters. The number of nitrogens with zero attached hydrogens (tertiary/aromatic N) is 1. The average molecular weight is 272 g/mol. The van der Waals surface area contributed by atoms with Crippen LogP contribution in [0.1, 0.15) is 20.3 Å². The molecule has 2 aliphatic rings. The molecule has 2 atom stereocenters. The Kier molecular flexibility index (Phi) is 3.87. The molecule has 2 fully saturated rings. The van der Waals surface area contributed by atoms with E-state index < -0.39 is 0 Å². The fourth-order valence-electron chi connectivity index (χ4n) is 2.48. The van der Waals surface area contributed by atoms with Gasteiger partial charge in [0.1, 0.15) is 6.04 Å². The lowest BCUT2D eigenvalue weighted by molar-refractivity contribution is -0.142. The van der Waals surface area contributed by atoms with E-state index in [2.05, 4.69) is 5.32 Å². The smallest absolute Gasteiger partial charge is 0.323 e. The Labute approximate surface area is 112 Å². The molecule has 0 aromatic heterocycles. The quantitative estimate of drug-likeness (QED) is 0.740. The summed E-state index contributed by atoms with van der Waals surface area (Å²) in [4.78, 5) is 25.2. The molecule has 1 N–H and O–H groups in total. The highest BCUT2D eigenvalue weighted by atomic mass is 32.2. The second-order valence-corrected chi connectivity index (χ2v) is 6.59. The van der Waals surface area contributed by atoms with Crippen LogP contribution in [0.2, 0.25) is 0 Å². The van der Waals surface area contributed by atoms with E-state index in [1.54, 1.807) is 11.8 Å². The Morgan fingerprint density at radius 2 is 2.22 bits per heavy atom. The Balaban J connectivity index is 1.96. The zero-order valence-electron chi connectivity index (χ0n) is 11.1. The van der Waals surface area contributed by atoms with Gasteiger partial charge in [0.2, 0.25) is 5.91 Å². The van der Waals surface area contributed by atoms with Crippen LogP contribution in [-0.2, 0) is 14.3 Å². The van der Waals surface area contributed by atoms with Gasteiger partial charge in [-0.1, -0.05) is 13.8 Å². The largest absolute Gasteiger partial charge is 0.468 e. The molecular formula is C12H20N2O3S. The lowest BCUT2D eigenvalue weighted by Gasteiger charge is -2.25. The summed E-state index contributed by atoms with van der Waals surface area (Å²) in [5, 5.41) is 3.34. The molecule has 2 rings (SSSR count). The van der Waals surface area contributed by atoms with Crippen LogP contribution >= 0.6 is 11.8 Å². The predicted octanol–water partition coefficient (Wildman–Crippen LogP) is 0.449. The Bertz CT molecular complexity index is 361. The normalized spacial score (nSPS) is 31.3. The van der Waals surface area contributed by atoms with Gasteiger partial charge < -0.3 is 9.64 Å². The van der Waals surface area contributed by atoms with Crippen LogP contribution in [0, 0.1) is 5.92 Å². The van der Waals surface area contributed by atoms with Crippen molar-refractivity contribution in [3.63, 3.8) is 0 Å². The van der Waals surface area contributed by atoms with Crippen LogP contribution < -0.4 is 5.32 Å². The number of thioether (sulfide) groups is 1. The highest BCUT2D eigenvalue weighted by Crippen LogP contribution is 2.38. The fourth-order valence-corrected chi connectivity index (χ4v) is 3.90. The van der Waals surface area contributed by atoms with Gasteiger partial charge in [-0.05, 0) is 6.42 Å². The van der Waals surface area contributed by atoms with E-state index in [9.17, 15) is 9.59 Å². The third-order valence-corrected chi connectivity index (χ3v) is 4.99. The van der Waals surface area contributed by atoms with Crippen molar-refractivity contribution in [1.82, 2.24) is 10.2 Å². The molecule has 1 spiro atoms. The number of hydrogen-bond acceptors (Lipinski definition) is 5. The molecule has 6 heteroatoms. The first-order valence-electron chi connectivity index (χ1n) is 6.26. The maximum atomic E-state index is 12.0. The van der Waals surface area contributed by atoms with Gasteiger partial charge in [0.15, 0.2) is 0 Å². The highest BCUT2D eigenvalue weighted by Gasteiger charge is 2.47. The van der Waals surface area contributed by atoms with Crippen molar-refractivity contribution in [2.45, 2.75) is 31.2 Å². The average Bonchev–Trinajstić information content (AvgIpc) is 2.95. The summed E-state index contributed by atoms with van der Waals surface area (Å²) in [5.41, 5.74) is 0. The van der Waals surface area contributed by atoms with Crippen molar-refractivity contribution >= 4 is 23.6 Å². The highest BCUT2D eigenvalue weighted by molar-refractivity contribution is 8.01. The number of hydrogen-bond donors (Lipinski definition) is 1. The van der Waals surface area contributed by atoms with Crippen molar-refractivity contribution in [2.75, 3.05) is 26.0 Å². The monoisotopic (exact) mass is 272 g/mol. The number of carbonyl (C=O) groups is 2. The van der Waals surface area contributed by atoms with Gasteiger partial charge in [0, 0.05) is 24.8 Å². The lowest BCUT2D eigenvalue weighted by atomic mass is 10.2. The van der Waals surface area contributed by atoms with Gasteiger partial charge >= 0.3 is 5.97 Å². The number of nitrogens with one attached hydrogen (secondary N) is 1. The molecule has 2 heterocycles. The van der Waals surface area contributed by atoms with Gasteiger partial charge in [-0.2, -0.15) is 0 Å². The number of esters is 1.